The number of aromatic hydroxyl groups is 1. The molecular weight excluding hydrogens is 631 g/mol. The second kappa shape index (κ2) is 9.88. The molecule has 1 spiro atoms. The molecule has 2 aliphatic heterocycles. The minimum Gasteiger partial charge on any atom is -0.504 e. The number of halogens is 1. The van der Waals surface area contributed by atoms with Gasteiger partial charge in [0.1, 0.15) is 6.10 Å². The summed E-state index contributed by atoms with van der Waals surface area (Å²) < 4.78 is 7.61. The number of nitrogens with one attached hydrogen (secondary N) is 1. The molecule has 2 aromatic carbocycles. The molecule has 7 rings (SSSR count). The van der Waals surface area contributed by atoms with Crippen molar-refractivity contribution in [3.8, 4) is 11.5 Å². The molecule has 0 radical (unpaired) electrons. The van der Waals surface area contributed by atoms with E-state index in [1.165, 1.54) is 18.4 Å². The average molecular weight is 662 g/mol. The largest absolute Gasteiger partial charge is 0.504 e. The van der Waals surface area contributed by atoms with Crippen molar-refractivity contribution in [1.29, 1.82) is 0 Å². The lowest BCUT2D eigenvalue weighted by atomic mass is 9.48. The van der Waals surface area contributed by atoms with Crippen LogP contribution < -0.4 is 10.1 Å². The highest BCUT2D eigenvalue weighted by molar-refractivity contribution is 14.1. The number of phenols is 1. The molecule has 40 heavy (non-hydrogen) atoms. The van der Waals surface area contributed by atoms with Gasteiger partial charge in [0.05, 0.1) is 17.1 Å². The third-order valence-electron chi connectivity index (χ3n) is 9.37. The summed E-state index contributed by atoms with van der Waals surface area (Å²) in [6.45, 7) is 1.97. The third kappa shape index (κ3) is 4.24. The fourth-order valence-electron chi connectivity index (χ4n) is 7.48. The maximum absolute atomic E-state index is 13.2. The van der Waals surface area contributed by atoms with E-state index in [9.17, 15) is 15.0 Å². The summed E-state index contributed by atoms with van der Waals surface area (Å²) in [5, 5.41) is 41.2. The lowest BCUT2D eigenvalue weighted by Crippen LogP contribution is -2.78. The van der Waals surface area contributed by atoms with Crippen molar-refractivity contribution >= 4 is 40.4 Å². The molecule has 3 fully saturated rings. The lowest BCUT2D eigenvalue weighted by Gasteiger charge is -2.64. The summed E-state index contributed by atoms with van der Waals surface area (Å²) >= 11 is 2.23. The van der Waals surface area contributed by atoms with Crippen LogP contribution in [0.5, 0.6) is 11.5 Å². The Hall–Kier alpha value is -2.90. The summed E-state index contributed by atoms with van der Waals surface area (Å²) in [4.78, 5) is 33.9. The Bertz CT molecular complexity index is 1370. The van der Waals surface area contributed by atoms with Crippen LogP contribution in [0, 0.1) is 9.49 Å². The molecule has 11 heteroatoms. The normalized spacial score (nSPS) is 31.2. The van der Waals surface area contributed by atoms with Gasteiger partial charge in [-0.15, -0.1) is 0 Å². The molecular formula is C29H31IN2O8. The molecule has 0 aromatic heterocycles. The number of phenolic OH excluding ortho intramolecular Hbond substituents is 1. The van der Waals surface area contributed by atoms with Gasteiger partial charge < -0.3 is 30.5 Å². The predicted molar refractivity (Wildman–Crippen MR) is 150 cm³/mol. The Kier molecular flexibility index (Phi) is 6.74. The minimum absolute atomic E-state index is 0.0452. The lowest BCUT2D eigenvalue weighted by molar-refractivity contribution is -0.191. The van der Waals surface area contributed by atoms with Crippen LogP contribution in [-0.2, 0) is 21.4 Å². The quantitative estimate of drug-likeness (QED) is 0.245. The monoisotopic (exact) mass is 662 g/mol. The van der Waals surface area contributed by atoms with E-state index < -0.39 is 29.1 Å². The molecule has 2 heterocycles. The Morgan fingerprint density at radius 3 is 2.38 bits per heavy atom. The molecule has 5 unspecified atom stereocenters. The van der Waals surface area contributed by atoms with Crippen molar-refractivity contribution in [2.45, 2.75) is 67.7 Å². The topological polar surface area (TPSA) is 157 Å². The highest BCUT2D eigenvalue weighted by Gasteiger charge is 2.73. The summed E-state index contributed by atoms with van der Waals surface area (Å²) in [5.74, 6) is -2.36. The number of carboxylic acids is 2. The van der Waals surface area contributed by atoms with Gasteiger partial charge >= 0.3 is 11.9 Å². The van der Waals surface area contributed by atoms with E-state index >= 15 is 0 Å². The second-order valence-corrected chi connectivity index (χ2v) is 12.8. The molecule has 5 aliphatic rings. The van der Waals surface area contributed by atoms with Gasteiger partial charge in [-0.25, -0.2) is 9.59 Å². The van der Waals surface area contributed by atoms with Crippen molar-refractivity contribution in [1.82, 2.24) is 10.2 Å². The summed E-state index contributed by atoms with van der Waals surface area (Å²) in [6, 6.07) is 11.1. The Balaban J connectivity index is 0.000000438. The number of likely N-dealkylation sites (tertiary alicyclic amines) is 1. The van der Waals surface area contributed by atoms with Gasteiger partial charge in [0.2, 0.25) is 0 Å². The van der Waals surface area contributed by atoms with Crippen LogP contribution in [0.25, 0.3) is 0 Å². The average Bonchev–Trinajstić information content (AvgIpc) is 3.66. The van der Waals surface area contributed by atoms with Crippen molar-refractivity contribution in [2.24, 2.45) is 5.92 Å². The SMILES string of the molecule is O=C(NC1CCC2(O)C3Cc4ccc(O)c5c4C2(CCN3CC2CC2)C1O5)c1ccc(I)cc1.O=C(O)C(=O)O. The molecule has 1 saturated heterocycles. The summed E-state index contributed by atoms with van der Waals surface area (Å²) in [5.41, 5.74) is 1.26. The van der Waals surface area contributed by atoms with E-state index in [-0.39, 0.29) is 23.7 Å². The van der Waals surface area contributed by atoms with E-state index in [0.29, 0.717) is 24.2 Å². The van der Waals surface area contributed by atoms with Crippen LogP contribution in [-0.4, -0.2) is 80.1 Å². The van der Waals surface area contributed by atoms with E-state index in [1.54, 1.807) is 6.07 Å². The Morgan fingerprint density at radius 2 is 1.73 bits per heavy atom. The number of nitrogens with zero attached hydrogens (tertiary/aromatic N) is 1. The van der Waals surface area contributed by atoms with Gasteiger partial charge in [0.25, 0.3) is 5.91 Å². The number of hydrogen-bond acceptors (Lipinski definition) is 7. The van der Waals surface area contributed by atoms with Crippen molar-refractivity contribution < 1.29 is 39.5 Å². The summed E-state index contributed by atoms with van der Waals surface area (Å²) in [7, 11) is 0. The van der Waals surface area contributed by atoms with Gasteiger partial charge in [-0.05, 0) is 109 Å². The Morgan fingerprint density at radius 1 is 1.02 bits per heavy atom. The van der Waals surface area contributed by atoms with Gasteiger partial charge in [-0.1, -0.05) is 6.07 Å². The second-order valence-electron chi connectivity index (χ2n) is 11.5. The maximum Gasteiger partial charge on any atom is 0.414 e. The number of aliphatic hydroxyl groups is 1. The van der Waals surface area contributed by atoms with Crippen molar-refractivity contribution in [3.63, 3.8) is 0 Å². The van der Waals surface area contributed by atoms with Crippen LogP contribution in [0.2, 0.25) is 0 Å². The number of carbonyl (C=O) groups excluding carboxylic acids is 1. The van der Waals surface area contributed by atoms with Crippen LogP contribution in [0.1, 0.15) is 53.6 Å². The number of hydrogen-bond donors (Lipinski definition) is 5. The number of rotatable bonds is 4. The number of piperidine rings is 1. The number of carboxylic acid groups (broad SMARTS) is 2. The molecule has 2 bridgehead atoms. The third-order valence-corrected chi connectivity index (χ3v) is 10.1. The first-order valence-corrected chi connectivity index (χ1v) is 14.6. The minimum atomic E-state index is -1.82. The fraction of sp³-hybridized carbons (Fsp3) is 0.483. The first kappa shape index (κ1) is 27.3. The van der Waals surface area contributed by atoms with Gasteiger partial charge in [0.15, 0.2) is 11.5 Å². The van der Waals surface area contributed by atoms with Crippen LogP contribution in [0.3, 0.4) is 0 Å². The highest BCUT2D eigenvalue weighted by Crippen LogP contribution is 2.65. The number of benzene rings is 2. The van der Waals surface area contributed by atoms with Crippen molar-refractivity contribution in [3.05, 3.63) is 56.7 Å². The van der Waals surface area contributed by atoms with Gasteiger partial charge in [-0.2, -0.15) is 0 Å². The molecule has 3 aliphatic carbocycles. The molecule has 5 atom stereocenters. The van der Waals surface area contributed by atoms with Gasteiger partial charge in [0, 0.05) is 27.3 Å². The van der Waals surface area contributed by atoms with E-state index in [1.807, 2.05) is 30.3 Å². The first-order chi connectivity index (χ1) is 19.0. The van der Waals surface area contributed by atoms with Crippen LogP contribution >= 0.6 is 22.6 Å². The number of amides is 1. The standard InChI is InChI=1S/C27H29IN2O4.C2H2O4/c28-18-6-3-16(4-7-18)25(32)29-19-9-10-27(33)21-13-17-5-8-20(31)23-22(17)26(27,24(19)34-23)11-12-30(21)14-15-1-2-15;3-1(4)2(5)6/h3-8,15,19,21,24,31,33H,1-2,9-14H2,(H,29,32);(H,3,4)(H,5,6). The zero-order valence-corrected chi connectivity index (χ0v) is 23.8. The molecule has 5 N–H and O–H groups in total. The first-order valence-electron chi connectivity index (χ1n) is 13.6. The molecule has 2 saturated carbocycles. The smallest absolute Gasteiger partial charge is 0.414 e. The zero-order chi connectivity index (χ0) is 28.4. The number of aliphatic carboxylic acids is 2. The van der Waals surface area contributed by atoms with Crippen LogP contribution in [0.4, 0.5) is 0 Å². The van der Waals surface area contributed by atoms with E-state index in [2.05, 4.69) is 32.8 Å². The molecule has 212 valence electrons. The molecule has 10 nitrogen and oxygen atoms in total. The Labute approximate surface area is 244 Å². The van der Waals surface area contributed by atoms with E-state index in [4.69, 9.17) is 24.5 Å². The van der Waals surface area contributed by atoms with Gasteiger partial charge in [-0.3, -0.25) is 9.69 Å². The maximum atomic E-state index is 13.2. The zero-order valence-electron chi connectivity index (χ0n) is 21.7. The molecule has 2 aromatic rings. The van der Waals surface area contributed by atoms with Crippen molar-refractivity contribution in [2.75, 3.05) is 13.1 Å². The fourth-order valence-corrected chi connectivity index (χ4v) is 7.84. The van der Waals surface area contributed by atoms with Crippen LogP contribution in [0.15, 0.2) is 36.4 Å². The molecule has 1 amide bonds. The number of carbonyl (C=O) groups is 3. The highest BCUT2D eigenvalue weighted by atomic mass is 127. The van der Waals surface area contributed by atoms with E-state index in [0.717, 1.165) is 41.0 Å². The number of ether oxygens (including phenoxy) is 1. The summed E-state index contributed by atoms with van der Waals surface area (Å²) in [6.07, 6.45) is 5.01. The predicted octanol–water partition coefficient (Wildman–Crippen LogP) is 2.52.